The molecule has 2 rings (SSSR count). The average Bonchev–Trinajstić information content (AvgIpc) is 2.56. The second-order valence-corrected chi connectivity index (χ2v) is 8.18. The van der Waals surface area contributed by atoms with Crippen LogP contribution in [-0.2, 0) is 14.8 Å². The van der Waals surface area contributed by atoms with E-state index in [0.29, 0.717) is 25.2 Å². The second kappa shape index (κ2) is 8.60. The van der Waals surface area contributed by atoms with Crippen LogP contribution in [0.1, 0.15) is 32.6 Å². The van der Waals surface area contributed by atoms with E-state index in [-0.39, 0.29) is 10.8 Å². The Morgan fingerprint density at radius 3 is 2.54 bits per heavy atom. The summed E-state index contributed by atoms with van der Waals surface area (Å²) in [5, 5.41) is 2.79. The van der Waals surface area contributed by atoms with Crippen LogP contribution in [0.25, 0.3) is 0 Å². The van der Waals surface area contributed by atoms with Crippen LogP contribution in [-0.4, -0.2) is 56.8 Å². The predicted molar refractivity (Wildman–Crippen MR) is 95.5 cm³/mol. The van der Waals surface area contributed by atoms with Crippen LogP contribution < -0.4 is 5.32 Å². The van der Waals surface area contributed by atoms with Crippen LogP contribution in [0.3, 0.4) is 0 Å². The van der Waals surface area contributed by atoms with E-state index in [1.807, 2.05) is 7.05 Å². The first-order chi connectivity index (χ1) is 11.4. The average molecular weight is 353 g/mol. The number of benzene rings is 1. The molecule has 24 heavy (non-hydrogen) atoms. The lowest BCUT2D eigenvalue weighted by molar-refractivity contribution is -0.116. The molecule has 1 aromatic carbocycles. The highest BCUT2D eigenvalue weighted by Gasteiger charge is 2.27. The van der Waals surface area contributed by atoms with E-state index in [0.717, 1.165) is 32.4 Å². The van der Waals surface area contributed by atoms with E-state index in [9.17, 15) is 13.2 Å². The van der Waals surface area contributed by atoms with E-state index in [2.05, 4.69) is 17.1 Å². The number of sulfonamides is 1. The van der Waals surface area contributed by atoms with Crippen molar-refractivity contribution in [2.24, 2.45) is 0 Å². The smallest absolute Gasteiger partial charge is 0.243 e. The normalized spacial score (nSPS) is 16.9. The van der Waals surface area contributed by atoms with Gasteiger partial charge in [-0.15, -0.1) is 0 Å². The standard InChI is InChI=1S/C17H27N3O3S/c1-3-4-5-9-17(21)18-15-7-6-8-16(14-15)24(22,23)20-12-10-19(2)11-13-20/h6-8,14H,3-5,9-13H2,1-2H3,(H,18,21). The molecule has 1 N–H and O–H groups in total. The molecule has 1 aliphatic heterocycles. The Morgan fingerprint density at radius 2 is 1.88 bits per heavy atom. The summed E-state index contributed by atoms with van der Waals surface area (Å²) in [4.78, 5) is 14.3. The van der Waals surface area contributed by atoms with Crippen LogP contribution in [0.4, 0.5) is 5.69 Å². The molecule has 0 atom stereocenters. The fourth-order valence-electron chi connectivity index (χ4n) is 2.67. The van der Waals surface area contributed by atoms with E-state index < -0.39 is 10.0 Å². The molecule has 0 saturated carbocycles. The molecule has 1 aromatic rings. The van der Waals surface area contributed by atoms with Gasteiger partial charge in [0.15, 0.2) is 0 Å². The lowest BCUT2D eigenvalue weighted by Gasteiger charge is -2.31. The number of rotatable bonds is 7. The highest BCUT2D eigenvalue weighted by molar-refractivity contribution is 7.89. The maximum Gasteiger partial charge on any atom is 0.243 e. The fraction of sp³-hybridized carbons (Fsp3) is 0.588. The van der Waals surface area contributed by atoms with Crippen molar-refractivity contribution in [3.05, 3.63) is 24.3 Å². The first kappa shape index (κ1) is 18.9. The molecule has 7 heteroatoms. The van der Waals surface area contributed by atoms with Gasteiger partial charge < -0.3 is 10.2 Å². The van der Waals surface area contributed by atoms with Gasteiger partial charge >= 0.3 is 0 Å². The number of carbonyl (C=O) groups is 1. The number of likely N-dealkylation sites (N-methyl/N-ethyl adjacent to an activating group) is 1. The van der Waals surface area contributed by atoms with Crippen molar-refractivity contribution in [2.45, 2.75) is 37.5 Å². The number of anilines is 1. The molecule has 6 nitrogen and oxygen atoms in total. The first-order valence-electron chi connectivity index (χ1n) is 8.52. The highest BCUT2D eigenvalue weighted by Crippen LogP contribution is 2.21. The monoisotopic (exact) mass is 353 g/mol. The number of amides is 1. The van der Waals surface area contributed by atoms with E-state index in [1.54, 1.807) is 24.3 Å². The van der Waals surface area contributed by atoms with Gasteiger partial charge in [0, 0.05) is 38.3 Å². The third kappa shape index (κ3) is 5.03. The Bertz CT molecular complexity index is 653. The zero-order valence-corrected chi connectivity index (χ0v) is 15.3. The topological polar surface area (TPSA) is 69.7 Å². The maximum absolute atomic E-state index is 12.7. The van der Waals surface area contributed by atoms with Crippen molar-refractivity contribution >= 4 is 21.6 Å². The van der Waals surface area contributed by atoms with Gasteiger partial charge in [0.25, 0.3) is 0 Å². The minimum atomic E-state index is -3.51. The molecule has 1 heterocycles. The SMILES string of the molecule is CCCCCC(=O)Nc1cccc(S(=O)(=O)N2CCN(C)CC2)c1. The Hall–Kier alpha value is -1.44. The number of piperazine rings is 1. The highest BCUT2D eigenvalue weighted by atomic mass is 32.2. The third-order valence-electron chi connectivity index (χ3n) is 4.23. The molecule has 0 spiro atoms. The molecule has 0 unspecified atom stereocenters. The predicted octanol–water partition coefficient (Wildman–Crippen LogP) is 2.14. The number of nitrogens with zero attached hydrogens (tertiary/aromatic N) is 2. The van der Waals surface area contributed by atoms with Gasteiger partial charge in [-0.3, -0.25) is 4.79 Å². The van der Waals surface area contributed by atoms with Crippen molar-refractivity contribution < 1.29 is 13.2 Å². The number of carbonyl (C=O) groups excluding carboxylic acids is 1. The van der Waals surface area contributed by atoms with E-state index >= 15 is 0 Å². The van der Waals surface area contributed by atoms with E-state index in [4.69, 9.17) is 0 Å². The molecule has 1 fully saturated rings. The molecule has 1 amide bonds. The van der Waals surface area contributed by atoms with Gasteiger partial charge in [0.2, 0.25) is 15.9 Å². The number of unbranched alkanes of at least 4 members (excludes halogenated alkanes) is 2. The van der Waals surface area contributed by atoms with Gasteiger partial charge in [-0.05, 0) is 31.7 Å². The van der Waals surface area contributed by atoms with Gasteiger partial charge in [0.1, 0.15) is 0 Å². The molecule has 134 valence electrons. The van der Waals surface area contributed by atoms with Gasteiger partial charge in [-0.1, -0.05) is 25.8 Å². The number of nitrogens with one attached hydrogen (secondary N) is 1. The minimum Gasteiger partial charge on any atom is -0.326 e. The van der Waals surface area contributed by atoms with Crippen molar-refractivity contribution in [3.8, 4) is 0 Å². The molecule has 0 bridgehead atoms. The Morgan fingerprint density at radius 1 is 1.17 bits per heavy atom. The largest absolute Gasteiger partial charge is 0.326 e. The van der Waals surface area contributed by atoms with Crippen molar-refractivity contribution in [1.82, 2.24) is 9.21 Å². The number of hydrogen-bond donors (Lipinski definition) is 1. The zero-order chi connectivity index (χ0) is 17.6. The fourth-order valence-corrected chi connectivity index (χ4v) is 4.14. The van der Waals surface area contributed by atoms with Gasteiger partial charge in [-0.2, -0.15) is 4.31 Å². The summed E-state index contributed by atoms with van der Waals surface area (Å²) in [7, 11) is -1.52. The summed E-state index contributed by atoms with van der Waals surface area (Å²) in [6, 6.07) is 6.52. The number of hydrogen-bond acceptors (Lipinski definition) is 4. The van der Waals surface area contributed by atoms with Crippen molar-refractivity contribution in [2.75, 3.05) is 38.5 Å². The zero-order valence-electron chi connectivity index (χ0n) is 14.5. The molecule has 1 aliphatic rings. The van der Waals surface area contributed by atoms with E-state index in [1.165, 1.54) is 4.31 Å². The van der Waals surface area contributed by atoms with Gasteiger partial charge in [0.05, 0.1) is 4.90 Å². The van der Waals surface area contributed by atoms with Crippen LogP contribution in [0.5, 0.6) is 0 Å². The summed E-state index contributed by atoms with van der Waals surface area (Å²) < 4.78 is 27.0. The quantitative estimate of drug-likeness (QED) is 0.763. The summed E-state index contributed by atoms with van der Waals surface area (Å²) >= 11 is 0. The lowest BCUT2D eigenvalue weighted by atomic mass is 10.2. The Labute approximate surface area is 144 Å². The third-order valence-corrected chi connectivity index (χ3v) is 6.12. The first-order valence-corrected chi connectivity index (χ1v) is 9.96. The molecular weight excluding hydrogens is 326 g/mol. The van der Waals surface area contributed by atoms with Crippen LogP contribution in [0.2, 0.25) is 0 Å². The lowest BCUT2D eigenvalue weighted by Crippen LogP contribution is -2.47. The molecular formula is C17H27N3O3S. The summed E-state index contributed by atoms with van der Waals surface area (Å²) in [5.41, 5.74) is 0.534. The van der Waals surface area contributed by atoms with Crippen LogP contribution in [0, 0.1) is 0 Å². The Kier molecular flexibility index (Phi) is 6.77. The molecule has 0 aromatic heterocycles. The second-order valence-electron chi connectivity index (χ2n) is 6.24. The summed E-state index contributed by atoms with van der Waals surface area (Å²) in [6.07, 6.45) is 3.39. The van der Waals surface area contributed by atoms with Crippen LogP contribution in [0.15, 0.2) is 29.2 Å². The maximum atomic E-state index is 12.7. The molecule has 0 radical (unpaired) electrons. The van der Waals surface area contributed by atoms with Gasteiger partial charge in [-0.25, -0.2) is 8.42 Å². The van der Waals surface area contributed by atoms with Crippen LogP contribution >= 0.6 is 0 Å². The molecule has 0 aliphatic carbocycles. The summed E-state index contributed by atoms with van der Waals surface area (Å²) in [6.45, 7) is 4.53. The molecule has 1 saturated heterocycles. The Balaban J connectivity index is 2.05. The van der Waals surface area contributed by atoms with Crippen molar-refractivity contribution in [3.63, 3.8) is 0 Å². The minimum absolute atomic E-state index is 0.0717. The summed E-state index contributed by atoms with van der Waals surface area (Å²) in [5.74, 6) is -0.0717. The van der Waals surface area contributed by atoms with Crippen molar-refractivity contribution in [1.29, 1.82) is 0 Å².